The smallest absolute Gasteiger partial charge is 0.352 e. The lowest BCUT2D eigenvalue weighted by atomic mass is 9.77. The first-order valence-corrected chi connectivity index (χ1v) is 7.96. The number of hydrogen-bond acceptors (Lipinski definition) is 5. The Labute approximate surface area is 134 Å². The number of fused-ring (bicyclic) bond motifs is 1. The second-order valence-corrected chi connectivity index (χ2v) is 6.78. The summed E-state index contributed by atoms with van der Waals surface area (Å²) in [6.45, 7) is 5.36. The zero-order valence-corrected chi connectivity index (χ0v) is 13.3. The Kier molecular flexibility index (Phi) is 3.90. The van der Waals surface area contributed by atoms with Gasteiger partial charge in [-0.2, -0.15) is 5.26 Å². The number of aliphatic carboxylic acids is 1. The zero-order valence-electron chi connectivity index (χ0n) is 13.3. The molecule has 2 fully saturated rings. The van der Waals surface area contributed by atoms with Crippen LogP contribution in [0.25, 0.3) is 0 Å². The number of aliphatic hydroxyl groups excluding tert-OH is 1. The molecular formula is C16H21N3O4. The Morgan fingerprint density at radius 3 is 2.74 bits per heavy atom. The van der Waals surface area contributed by atoms with Gasteiger partial charge in [0, 0.05) is 19.0 Å². The van der Waals surface area contributed by atoms with Crippen molar-refractivity contribution in [3.05, 3.63) is 11.3 Å². The molecule has 5 atom stereocenters. The number of carbonyl (C=O) groups excluding carboxylic acids is 1. The number of carboxylic acid groups (broad SMARTS) is 1. The van der Waals surface area contributed by atoms with E-state index < -0.39 is 18.0 Å². The van der Waals surface area contributed by atoms with Gasteiger partial charge >= 0.3 is 5.97 Å². The van der Waals surface area contributed by atoms with Crippen molar-refractivity contribution >= 4 is 11.9 Å². The molecule has 1 unspecified atom stereocenters. The van der Waals surface area contributed by atoms with Crippen LogP contribution in [0, 0.1) is 29.1 Å². The number of carbonyl (C=O) groups is 2. The van der Waals surface area contributed by atoms with Crippen LogP contribution in [-0.2, 0) is 9.59 Å². The van der Waals surface area contributed by atoms with E-state index >= 15 is 0 Å². The molecule has 0 bridgehead atoms. The molecule has 3 aliphatic heterocycles. The van der Waals surface area contributed by atoms with Crippen LogP contribution in [0.1, 0.15) is 20.3 Å². The number of nitriles is 1. The van der Waals surface area contributed by atoms with Crippen molar-refractivity contribution < 1.29 is 19.8 Å². The van der Waals surface area contributed by atoms with Gasteiger partial charge in [0.15, 0.2) is 0 Å². The monoisotopic (exact) mass is 319 g/mol. The number of rotatable bonds is 4. The summed E-state index contributed by atoms with van der Waals surface area (Å²) < 4.78 is 0. The summed E-state index contributed by atoms with van der Waals surface area (Å²) in [5, 5.41) is 28.4. The molecule has 0 aromatic rings. The number of nitrogens with zero attached hydrogens (tertiary/aromatic N) is 3. The molecule has 23 heavy (non-hydrogen) atoms. The molecule has 7 nitrogen and oxygen atoms in total. The van der Waals surface area contributed by atoms with Crippen LogP contribution < -0.4 is 0 Å². The number of aliphatic hydroxyl groups is 1. The summed E-state index contributed by atoms with van der Waals surface area (Å²) in [5.74, 6) is -2.03. The standard InChI is InChI=1S/C16H21N3O4/c1-8-11(7-18-4-3-10(5-17)6-18)14(16(22)23)19-13(8)12(9(2)20)15(19)21/h8-10,12-13,20H,3-4,6-7H2,1-2H3,(H,22,23)/t8-,9+,10+,12-,13?/m0/s1. The van der Waals surface area contributed by atoms with E-state index in [1.807, 2.05) is 6.92 Å². The van der Waals surface area contributed by atoms with E-state index in [9.17, 15) is 19.8 Å². The number of likely N-dealkylation sites (tertiary alicyclic amines) is 1. The fraction of sp³-hybridized carbons (Fsp3) is 0.688. The van der Waals surface area contributed by atoms with Gasteiger partial charge in [0.2, 0.25) is 5.91 Å². The van der Waals surface area contributed by atoms with Gasteiger partial charge in [-0.3, -0.25) is 9.69 Å². The van der Waals surface area contributed by atoms with Gasteiger partial charge < -0.3 is 15.1 Å². The molecule has 0 spiro atoms. The number of carboxylic acids is 1. The molecule has 3 heterocycles. The van der Waals surface area contributed by atoms with Crippen molar-refractivity contribution in [1.29, 1.82) is 5.26 Å². The molecule has 2 saturated heterocycles. The van der Waals surface area contributed by atoms with Crippen molar-refractivity contribution in [2.24, 2.45) is 17.8 Å². The largest absolute Gasteiger partial charge is 0.477 e. The quantitative estimate of drug-likeness (QED) is 0.708. The molecular weight excluding hydrogens is 298 g/mol. The lowest BCUT2D eigenvalue weighted by molar-refractivity contribution is -0.163. The highest BCUT2D eigenvalue weighted by Crippen LogP contribution is 2.47. The minimum atomic E-state index is -1.09. The molecule has 0 radical (unpaired) electrons. The van der Waals surface area contributed by atoms with E-state index in [0.29, 0.717) is 13.1 Å². The van der Waals surface area contributed by atoms with Crippen molar-refractivity contribution in [2.75, 3.05) is 19.6 Å². The molecule has 0 aliphatic carbocycles. The van der Waals surface area contributed by atoms with Crippen LogP contribution in [0.5, 0.6) is 0 Å². The second kappa shape index (κ2) is 5.62. The first kappa shape index (κ1) is 16.0. The maximum Gasteiger partial charge on any atom is 0.352 e. The maximum absolute atomic E-state index is 12.2. The Morgan fingerprint density at radius 2 is 2.22 bits per heavy atom. The van der Waals surface area contributed by atoms with Crippen LogP contribution in [0.15, 0.2) is 11.3 Å². The first-order chi connectivity index (χ1) is 10.9. The first-order valence-electron chi connectivity index (χ1n) is 7.96. The van der Waals surface area contributed by atoms with Gasteiger partial charge in [0.25, 0.3) is 0 Å². The van der Waals surface area contributed by atoms with Crippen molar-refractivity contribution in [1.82, 2.24) is 9.80 Å². The summed E-state index contributed by atoms with van der Waals surface area (Å²) in [4.78, 5) is 27.3. The van der Waals surface area contributed by atoms with Gasteiger partial charge in [-0.05, 0) is 25.5 Å². The number of β-lactam (4-membered cyclic amide) rings is 1. The molecule has 0 saturated carbocycles. The third-order valence-corrected chi connectivity index (χ3v) is 5.37. The summed E-state index contributed by atoms with van der Waals surface area (Å²) in [5.41, 5.74) is 0.808. The predicted octanol–water partition coefficient (Wildman–Crippen LogP) is 0.0281. The lowest BCUT2D eigenvalue weighted by Crippen LogP contribution is -2.63. The van der Waals surface area contributed by atoms with E-state index in [2.05, 4.69) is 11.0 Å². The van der Waals surface area contributed by atoms with Crippen molar-refractivity contribution in [3.8, 4) is 6.07 Å². The fourth-order valence-electron chi connectivity index (χ4n) is 4.18. The molecule has 3 aliphatic rings. The van der Waals surface area contributed by atoms with E-state index in [0.717, 1.165) is 18.5 Å². The van der Waals surface area contributed by atoms with Gasteiger partial charge in [-0.25, -0.2) is 4.79 Å². The van der Waals surface area contributed by atoms with Crippen LogP contribution in [0.2, 0.25) is 0 Å². The predicted molar refractivity (Wildman–Crippen MR) is 79.8 cm³/mol. The van der Waals surface area contributed by atoms with E-state index in [-0.39, 0.29) is 29.5 Å². The number of hydrogen-bond donors (Lipinski definition) is 2. The maximum atomic E-state index is 12.2. The van der Waals surface area contributed by atoms with E-state index in [1.165, 1.54) is 4.90 Å². The molecule has 124 valence electrons. The summed E-state index contributed by atoms with van der Waals surface area (Å²) in [7, 11) is 0. The van der Waals surface area contributed by atoms with Crippen molar-refractivity contribution in [3.63, 3.8) is 0 Å². The Balaban J connectivity index is 1.85. The Bertz CT molecular complexity index is 621. The highest BCUT2D eigenvalue weighted by atomic mass is 16.4. The topological polar surface area (TPSA) is 105 Å². The highest BCUT2D eigenvalue weighted by Gasteiger charge is 2.59. The molecule has 1 amide bonds. The van der Waals surface area contributed by atoms with Crippen molar-refractivity contribution in [2.45, 2.75) is 32.4 Å². The molecule has 0 aromatic carbocycles. The van der Waals surface area contributed by atoms with Gasteiger partial charge in [0.05, 0.1) is 30.1 Å². The molecule has 7 heteroatoms. The Hall–Kier alpha value is -1.91. The normalized spacial score (nSPS) is 35.0. The minimum Gasteiger partial charge on any atom is -0.477 e. The van der Waals surface area contributed by atoms with Gasteiger partial charge in [-0.15, -0.1) is 0 Å². The van der Waals surface area contributed by atoms with Crippen LogP contribution in [0.4, 0.5) is 0 Å². The lowest BCUT2D eigenvalue weighted by Gasteiger charge is -2.46. The second-order valence-electron chi connectivity index (χ2n) is 6.78. The Morgan fingerprint density at radius 1 is 1.52 bits per heavy atom. The third kappa shape index (κ3) is 2.33. The zero-order chi connectivity index (χ0) is 16.9. The van der Waals surface area contributed by atoms with Gasteiger partial charge in [-0.1, -0.05) is 6.92 Å². The minimum absolute atomic E-state index is 0.00976. The summed E-state index contributed by atoms with van der Waals surface area (Å²) >= 11 is 0. The van der Waals surface area contributed by atoms with Crippen LogP contribution >= 0.6 is 0 Å². The van der Waals surface area contributed by atoms with E-state index in [1.54, 1.807) is 6.92 Å². The average molecular weight is 319 g/mol. The highest BCUT2D eigenvalue weighted by molar-refractivity contribution is 6.00. The molecule has 0 aromatic heterocycles. The molecule has 2 N–H and O–H groups in total. The SMILES string of the molecule is C[C@H]1C(CN2CC[C@H](C#N)C2)=C(C(=O)O)N2C(=O)[C@@H]([C@@H](C)O)C12. The van der Waals surface area contributed by atoms with E-state index in [4.69, 9.17) is 5.26 Å². The third-order valence-electron chi connectivity index (χ3n) is 5.37. The van der Waals surface area contributed by atoms with Gasteiger partial charge in [0.1, 0.15) is 5.70 Å². The fourth-order valence-corrected chi connectivity index (χ4v) is 4.18. The number of amides is 1. The average Bonchev–Trinajstić information content (AvgIpc) is 3.02. The summed E-state index contributed by atoms with van der Waals surface area (Å²) in [6.07, 6.45) is 0.0125. The summed E-state index contributed by atoms with van der Waals surface area (Å²) in [6, 6.07) is 1.99. The van der Waals surface area contributed by atoms with Crippen LogP contribution in [0.3, 0.4) is 0 Å². The van der Waals surface area contributed by atoms with Crippen LogP contribution in [-0.4, -0.2) is 63.7 Å². The molecule has 3 rings (SSSR count).